The number of amides is 2. The Morgan fingerprint density at radius 2 is 2.04 bits per heavy atom. The highest BCUT2D eigenvalue weighted by atomic mass is 32.2. The van der Waals surface area contributed by atoms with Gasteiger partial charge in [-0.3, -0.25) is 9.59 Å². The van der Waals surface area contributed by atoms with Crippen LogP contribution in [0.15, 0.2) is 27.8 Å². The lowest BCUT2D eigenvalue weighted by Gasteiger charge is -2.19. The van der Waals surface area contributed by atoms with E-state index in [9.17, 15) is 9.59 Å². The standard InChI is InChI=1S/C17H20N4O5S/c1-3-18-14(22)8-21(4-2)15(23)9-27-17-20-19-16(26-17)11-5-6-12-13(7-11)25-10-24-12/h5-7H,3-4,8-10H2,1-2H3,(H,18,22). The van der Waals surface area contributed by atoms with Gasteiger partial charge in [-0.15, -0.1) is 10.2 Å². The lowest BCUT2D eigenvalue weighted by atomic mass is 10.2. The molecule has 0 bridgehead atoms. The van der Waals surface area contributed by atoms with Gasteiger partial charge in [0.2, 0.25) is 24.5 Å². The fourth-order valence-corrected chi connectivity index (χ4v) is 3.10. The van der Waals surface area contributed by atoms with Crippen LogP contribution in [-0.4, -0.2) is 59.1 Å². The molecule has 0 radical (unpaired) electrons. The van der Waals surface area contributed by atoms with Gasteiger partial charge in [-0.05, 0) is 32.0 Å². The minimum absolute atomic E-state index is 0.0377. The molecule has 1 aliphatic rings. The molecule has 2 amide bonds. The van der Waals surface area contributed by atoms with Crippen LogP contribution >= 0.6 is 11.8 Å². The Balaban J connectivity index is 1.57. The average molecular weight is 392 g/mol. The smallest absolute Gasteiger partial charge is 0.277 e. The Morgan fingerprint density at radius 1 is 1.22 bits per heavy atom. The number of carbonyl (C=O) groups excluding carboxylic acids is 2. The van der Waals surface area contributed by atoms with Crippen LogP contribution in [0.1, 0.15) is 13.8 Å². The topological polar surface area (TPSA) is 107 Å². The van der Waals surface area contributed by atoms with Crippen LogP contribution in [0.5, 0.6) is 11.5 Å². The van der Waals surface area contributed by atoms with Crippen LogP contribution in [0, 0.1) is 0 Å². The quantitative estimate of drug-likeness (QED) is 0.674. The number of aromatic nitrogens is 2. The van der Waals surface area contributed by atoms with Crippen LogP contribution < -0.4 is 14.8 Å². The van der Waals surface area contributed by atoms with E-state index < -0.39 is 0 Å². The van der Waals surface area contributed by atoms with Crippen LogP contribution in [0.3, 0.4) is 0 Å². The molecule has 3 rings (SSSR count). The number of fused-ring (bicyclic) bond motifs is 1. The van der Waals surface area contributed by atoms with Crippen molar-refractivity contribution in [3.8, 4) is 23.0 Å². The number of hydrogen-bond donors (Lipinski definition) is 1. The predicted octanol–water partition coefficient (Wildman–Crippen LogP) is 1.54. The highest BCUT2D eigenvalue weighted by Crippen LogP contribution is 2.35. The Hall–Kier alpha value is -2.75. The van der Waals surface area contributed by atoms with Crippen molar-refractivity contribution in [1.29, 1.82) is 0 Å². The molecule has 1 aromatic carbocycles. The Kier molecular flexibility index (Phi) is 6.17. The predicted molar refractivity (Wildman–Crippen MR) is 97.5 cm³/mol. The van der Waals surface area contributed by atoms with Crippen molar-refractivity contribution in [3.05, 3.63) is 18.2 Å². The van der Waals surface area contributed by atoms with Crippen LogP contribution in [-0.2, 0) is 9.59 Å². The van der Waals surface area contributed by atoms with Gasteiger partial charge in [0, 0.05) is 18.7 Å². The van der Waals surface area contributed by atoms with Crippen molar-refractivity contribution in [1.82, 2.24) is 20.4 Å². The van der Waals surface area contributed by atoms with Gasteiger partial charge in [-0.1, -0.05) is 11.8 Å². The molecule has 0 atom stereocenters. The summed E-state index contributed by atoms with van der Waals surface area (Å²) in [7, 11) is 0. The number of carbonyl (C=O) groups is 2. The number of nitrogens with one attached hydrogen (secondary N) is 1. The third-order valence-electron chi connectivity index (χ3n) is 3.79. The maximum atomic E-state index is 12.3. The number of likely N-dealkylation sites (N-methyl/N-ethyl adjacent to an activating group) is 2. The molecule has 0 fully saturated rings. The first kappa shape index (κ1) is 19.0. The molecule has 1 N–H and O–H groups in total. The molecule has 0 spiro atoms. The minimum atomic E-state index is -0.180. The lowest BCUT2D eigenvalue weighted by Crippen LogP contribution is -2.41. The second-order valence-electron chi connectivity index (χ2n) is 5.59. The molecule has 10 heteroatoms. The molecule has 144 valence electrons. The van der Waals surface area contributed by atoms with Gasteiger partial charge in [-0.2, -0.15) is 0 Å². The average Bonchev–Trinajstić information content (AvgIpc) is 3.32. The van der Waals surface area contributed by atoms with E-state index in [1.165, 1.54) is 4.90 Å². The zero-order valence-electron chi connectivity index (χ0n) is 15.1. The summed E-state index contributed by atoms with van der Waals surface area (Å²) in [5.74, 6) is 1.38. The van der Waals surface area contributed by atoms with Crippen molar-refractivity contribution in [2.75, 3.05) is 32.2 Å². The summed E-state index contributed by atoms with van der Waals surface area (Å²) in [5.41, 5.74) is 0.705. The Bertz CT molecular complexity index is 825. The van der Waals surface area contributed by atoms with E-state index in [1.54, 1.807) is 18.2 Å². The van der Waals surface area contributed by atoms with E-state index in [4.69, 9.17) is 13.9 Å². The van der Waals surface area contributed by atoms with E-state index in [1.807, 2.05) is 13.8 Å². The number of rotatable bonds is 8. The fraction of sp³-hybridized carbons (Fsp3) is 0.412. The molecule has 0 saturated heterocycles. The number of benzene rings is 1. The number of ether oxygens (including phenoxy) is 2. The lowest BCUT2D eigenvalue weighted by molar-refractivity contribution is -0.133. The first-order valence-corrected chi connectivity index (χ1v) is 9.50. The SMILES string of the molecule is CCNC(=O)CN(CC)C(=O)CSc1nnc(-c2ccc3c(c2)OCO3)o1. The second-order valence-corrected chi connectivity index (χ2v) is 6.52. The normalized spacial score (nSPS) is 12.1. The Morgan fingerprint density at radius 3 is 2.81 bits per heavy atom. The first-order chi connectivity index (χ1) is 13.1. The third kappa shape index (κ3) is 4.70. The van der Waals surface area contributed by atoms with Crippen LogP contribution in [0.25, 0.3) is 11.5 Å². The summed E-state index contributed by atoms with van der Waals surface area (Å²) in [5, 5.41) is 10.9. The minimum Gasteiger partial charge on any atom is -0.454 e. The van der Waals surface area contributed by atoms with Crippen LogP contribution in [0.4, 0.5) is 0 Å². The molecule has 27 heavy (non-hydrogen) atoms. The largest absolute Gasteiger partial charge is 0.454 e. The van der Waals surface area contributed by atoms with Crippen LogP contribution in [0.2, 0.25) is 0 Å². The summed E-state index contributed by atoms with van der Waals surface area (Å²) in [4.78, 5) is 25.4. The second kappa shape index (κ2) is 8.76. The zero-order valence-corrected chi connectivity index (χ0v) is 15.9. The monoisotopic (exact) mass is 392 g/mol. The summed E-state index contributed by atoms with van der Waals surface area (Å²) in [6.45, 7) is 4.87. The Labute approximate surface area is 160 Å². The maximum absolute atomic E-state index is 12.3. The van der Waals surface area contributed by atoms with E-state index in [2.05, 4.69) is 15.5 Å². The molecule has 0 unspecified atom stereocenters. The van der Waals surface area contributed by atoms with E-state index in [0.717, 1.165) is 11.8 Å². The van der Waals surface area contributed by atoms with E-state index in [0.29, 0.717) is 36.0 Å². The maximum Gasteiger partial charge on any atom is 0.277 e. The fourth-order valence-electron chi connectivity index (χ4n) is 2.43. The van der Waals surface area contributed by atoms with Crippen molar-refractivity contribution < 1.29 is 23.5 Å². The number of hydrogen-bond acceptors (Lipinski definition) is 8. The van der Waals surface area contributed by atoms with Crippen molar-refractivity contribution in [2.24, 2.45) is 0 Å². The summed E-state index contributed by atoms with van der Waals surface area (Å²) >= 11 is 1.13. The molecular weight excluding hydrogens is 372 g/mol. The van der Waals surface area contributed by atoms with Crippen molar-refractivity contribution in [3.63, 3.8) is 0 Å². The molecule has 2 heterocycles. The number of thioether (sulfide) groups is 1. The molecule has 0 aliphatic carbocycles. The van der Waals surface area contributed by atoms with Gasteiger partial charge in [0.15, 0.2) is 11.5 Å². The number of nitrogens with zero attached hydrogens (tertiary/aromatic N) is 3. The third-order valence-corrected chi connectivity index (χ3v) is 4.59. The van der Waals surface area contributed by atoms with Gasteiger partial charge in [0.1, 0.15) is 0 Å². The highest BCUT2D eigenvalue weighted by molar-refractivity contribution is 7.99. The molecule has 2 aromatic rings. The molecule has 9 nitrogen and oxygen atoms in total. The van der Waals surface area contributed by atoms with Gasteiger partial charge >= 0.3 is 0 Å². The van der Waals surface area contributed by atoms with E-state index in [-0.39, 0.29) is 36.1 Å². The zero-order chi connectivity index (χ0) is 19.2. The van der Waals surface area contributed by atoms with E-state index >= 15 is 0 Å². The summed E-state index contributed by atoms with van der Waals surface area (Å²) in [6, 6.07) is 5.34. The van der Waals surface area contributed by atoms with Crippen molar-refractivity contribution >= 4 is 23.6 Å². The summed E-state index contributed by atoms with van der Waals surface area (Å²) < 4.78 is 16.2. The highest BCUT2D eigenvalue weighted by Gasteiger charge is 2.19. The molecular formula is C17H20N4O5S. The van der Waals surface area contributed by atoms with Crippen molar-refractivity contribution in [2.45, 2.75) is 19.1 Å². The molecule has 0 saturated carbocycles. The van der Waals surface area contributed by atoms with Gasteiger partial charge in [-0.25, -0.2) is 0 Å². The summed E-state index contributed by atoms with van der Waals surface area (Å²) in [6.07, 6.45) is 0. The first-order valence-electron chi connectivity index (χ1n) is 8.51. The molecule has 1 aromatic heterocycles. The molecule has 1 aliphatic heterocycles. The van der Waals surface area contributed by atoms with Gasteiger partial charge in [0.25, 0.3) is 5.22 Å². The van der Waals surface area contributed by atoms with Gasteiger partial charge in [0.05, 0.1) is 12.3 Å². The van der Waals surface area contributed by atoms with Gasteiger partial charge < -0.3 is 24.1 Å².